The zero-order valence-corrected chi connectivity index (χ0v) is 14.2. The molecule has 1 heterocycles. The highest BCUT2D eigenvalue weighted by atomic mass is 19.1. The van der Waals surface area contributed by atoms with Crippen LogP contribution in [0.3, 0.4) is 0 Å². The van der Waals surface area contributed by atoms with Crippen LogP contribution >= 0.6 is 0 Å². The fraction of sp³-hybridized carbons (Fsp3) is 0.389. The van der Waals surface area contributed by atoms with Gasteiger partial charge in [-0.25, -0.2) is 14.4 Å². The van der Waals surface area contributed by atoms with Crippen molar-refractivity contribution >= 4 is 5.97 Å². The lowest BCUT2D eigenvalue weighted by Crippen LogP contribution is -2.31. The van der Waals surface area contributed by atoms with Gasteiger partial charge in [0, 0.05) is 16.5 Å². The van der Waals surface area contributed by atoms with E-state index in [1.54, 1.807) is 12.1 Å². The molecule has 8 heteroatoms. The molecule has 3 atom stereocenters. The maximum atomic E-state index is 13.0. The van der Waals surface area contributed by atoms with Crippen molar-refractivity contribution in [2.75, 3.05) is 0 Å². The summed E-state index contributed by atoms with van der Waals surface area (Å²) in [5, 5.41) is 13.6. The third kappa shape index (κ3) is 3.50. The van der Waals surface area contributed by atoms with Crippen LogP contribution in [0.2, 0.25) is 0 Å². The lowest BCUT2D eigenvalue weighted by atomic mass is 9.79. The molecule has 1 aromatic heterocycles. The summed E-state index contributed by atoms with van der Waals surface area (Å²) >= 11 is 0. The van der Waals surface area contributed by atoms with Gasteiger partial charge in [-0.2, -0.15) is 0 Å². The summed E-state index contributed by atoms with van der Waals surface area (Å²) in [6, 6.07) is 6.95. The van der Waals surface area contributed by atoms with Gasteiger partial charge < -0.3 is 5.11 Å². The highest BCUT2D eigenvalue weighted by Crippen LogP contribution is 2.46. The van der Waals surface area contributed by atoms with Crippen LogP contribution in [0.1, 0.15) is 25.3 Å². The average Bonchev–Trinajstić information content (AvgIpc) is 2.93. The molecule has 0 amide bonds. The molecule has 3 rings (SSSR count). The molecule has 134 valence electrons. The van der Waals surface area contributed by atoms with Crippen LogP contribution in [0, 0.1) is 17.2 Å². The number of carboxylic acids is 1. The van der Waals surface area contributed by atoms with Crippen LogP contribution in [-0.2, 0) is 11.2 Å². The monoisotopic (exact) mass is 355 g/mol. The Bertz CT molecular complexity index is 866. The quantitative estimate of drug-likeness (QED) is 0.496. The number of aromatic nitrogens is 2. The highest BCUT2D eigenvalue weighted by molar-refractivity contribution is 5.76. The number of carbonyl (C=O) groups is 1. The summed E-state index contributed by atoms with van der Waals surface area (Å²) in [6.45, 7) is 1.91. The lowest BCUT2D eigenvalue weighted by Gasteiger charge is -2.24. The second-order valence-corrected chi connectivity index (χ2v) is 6.85. The molecule has 1 fully saturated rings. The molecule has 0 radical (unpaired) electrons. The van der Waals surface area contributed by atoms with E-state index in [2.05, 4.69) is 20.0 Å². The molecule has 1 aliphatic carbocycles. The minimum atomic E-state index is -0.972. The summed E-state index contributed by atoms with van der Waals surface area (Å²) in [5.74, 6) is -1.02. The largest absolute Gasteiger partial charge is 0.481 e. The Hall–Kier alpha value is -2.99. The van der Waals surface area contributed by atoms with Crippen molar-refractivity contribution in [1.82, 2.24) is 9.97 Å². The Balaban J connectivity index is 1.89. The second kappa shape index (κ2) is 7.09. The van der Waals surface area contributed by atoms with Crippen LogP contribution < -0.4 is 0 Å². The Kier molecular flexibility index (Phi) is 4.86. The van der Waals surface area contributed by atoms with Gasteiger partial charge in [-0.1, -0.05) is 30.2 Å². The van der Waals surface area contributed by atoms with E-state index >= 15 is 0 Å². The highest BCUT2D eigenvalue weighted by Gasteiger charge is 2.48. The first kappa shape index (κ1) is 17.8. The van der Waals surface area contributed by atoms with E-state index in [9.17, 15) is 14.3 Å². The number of carboxylic acid groups (broad SMARTS) is 1. The zero-order valence-electron chi connectivity index (χ0n) is 14.2. The van der Waals surface area contributed by atoms with Gasteiger partial charge in [0.15, 0.2) is 11.6 Å². The van der Waals surface area contributed by atoms with Gasteiger partial charge >= 0.3 is 5.97 Å². The topological polar surface area (TPSA) is 112 Å². The Labute approximate surface area is 149 Å². The fourth-order valence-electron chi connectivity index (χ4n) is 3.73. The van der Waals surface area contributed by atoms with E-state index in [0.29, 0.717) is 30.7 Å². The van der Waals surface area contributed by atoms with Gasteiger partial charge in [0.25, 0.3) is 0 Å². The number of benzene rings is 1. The maximum Gasteiger partial charge on any atom is 0.309 e. The van der Waals surface area contributed by atoms with Gasteiger partial charge in [0.1, 0.15) is 0 Å². The smallest absolute Gasteiger partial charge is 0.309 e. The van der Waals surface area contributed by atoms with Crippen molar-refractivity contribution in [3.63, 3.8) is 0 Å². The summed E-state index contributed by atoms with van der Waals surface area (Å²) in [7, 11) is 0. The number of hydrogen-bond acceptors (Lipinski definition) is 4. The van der Waals surface area contributed by atoms with E-state index in [1.807, 2.05) is 19.1 Å². The van der Waals surface area contributed by atoms with Crippen molar-refractivity contribution in [1.29, 1.82) is 0 Å². The second-order valence-electron chi connectivity index (χ2n) is 6.85. The molecular formula is C18H18FN5O2. The lowest BCUT2D eigenvalue weighted by molar-refractivity contribution is -0.148. The molecule has 0 bridgehead atoms. The van der Waals surface area contributed by atoms with E-state index < -0.39 is 17.2 Å². The molecular weight excluding hydrogens is 337 g/mol. The third-order valence-corrected chi connectivity index (χ3v) is 4.97. The minimum Gasteiger partial charge on any atom is -0.481 e. The van der Waals surface area contributed by atoms with Gasteiger partial charge in [0.2, 0.25) is 0 Å². The normalized spacial score (nSPS) is 24.8. The maximum absolute atomic E-state index is 13.0. The summed E-state index contributed by atoms with van der Waals surface area (Å²) < 4.78 is 13.0. The number of rotatable bonds is 5. The first-order chi connectivity index (χ1) is 12.4. The standard InChI is InChI=1S/C18H18FN5O2/c1-11-6-18(17(25)26,8-15(11)23-24-20)7-12-3-2-4-13(5-12)16-21-9-14(19)10-22-16/h2-5,9-11,15H,6-8H2,1H3,(H,25,26)/t11-,15-,18-/m1/s1. The summed E-state index contributed by atoms with van der Waals surface area (Å²) in [6.07, 6.45) is 3.26. The number of azide groups is 1. The number of hydrogen-bond donors (Lipinski definition) is 1. The van der Waals surface area contributed by atoms with Crippen molar-refractivity contribution < 1.29 is 14.3 Å². The van der Waals surface area contributed by atoms with Gasteiger partial charge in [-0.15, -0.1) is 0 Å². The molecule has 26 heavy (non-hydrogen) atoms. The van der Waals surface area contributed by atoms with Gasteiger partial charge in [-0.3, -0.25) is 4.79 Å². The molecule has 7 nitrogen and oxygen atoms in total. The zero-order chi connectivity index (χ0) is 18.7. The molecule has 0 unspecified atom stereocenters. The molecule has 0 aliphatic heterocycles. The molecule has 1 aromatic carbocycles. The summed E-state index contributed by atoms with van der Waals surface area (Å²) in [5.41, 5.74) is 9.24. The molecule has 1 aliphatic rings. The van der Waals surface area contributed by atoms with Crippen molar-refractivity contribution in [3.05, 3.63) is 58.5 Å². The predicted molar refractivity (Wildman–Crippen MR) is 92.5 cm³/mol. The minimum absolute atomic E-state index is 0.00520. The van der Waals surface area contributed by atoms with Gasteiger partial charge in [-0.05, 0) is 42.3 Å². The fourth-order valence-corrected chi connectivity index (χ4v) is 3.73. The first-order valence-corrected chi connectivity index (χ1v) is 8.28. The Morgan fingerprint density at radius 1 is 1.42 bits per heavy atom. The average molecular weight is 355 g/mol. The number of aliphatic carboxylic acids is 1. The molecule has 0 saturated heterocycles. The van der Waals surface area contributed by atoms with Crippen molar-refractivity contribution in [2.24, 2.45) is 16.4 Å². The number of halogens is 1. The molecule has 2 aromatic rings. The Morgan fingerprint density at radius 2 is 2.15 bits per heavy atom. The molecule has 1 N–H and O–H groups in total. The Morgan fingerprint density at radius 3 is 2.81 bits per heavy atom. The predicted octanol–water partition coefficient (Wildman–Crippen LogP) is 4.01. The van der Waals surface area contributed by atoms with Crippen LogP contribution in [0.5, 0.6) is 0 Å². The van der Waals surface area contributed by atoms with E-state index in [-0.39, 0.29) is 12.0 Å². The van der Waals surface area contributed by atoms with Crippen molar-refractivity contribution in [3.8, 4) is 11.4 Å². The first-order valence-electron chi connectivity index (χ1n) is 8.28. The van der Waals surface area contributed by atoms with Crippen LogP contribution in [0.25, 0.3) is 21.8 Å². The van der Waals surface area contributed by atoms with Crippen molar-refractivity contribution in [2.45, 2.75) is 32.2 Å². The summed E-state index contributed by atoms with van der Waals surface area (Å²) in [4.78, 5) is 22.8. The molecule has 1 saturated carbocycles. The van der Waals surface area contributed by atoms with Crippen LogP contribution in [0.15, 0.2) is 41.8 Å². The van der Waals surface area contributed by atoms with Gasteiger partial charge in [0.05, 0.1) is 17.8 Å². The third-order valence-electron chi connectivity index (χ3n) is 4.97. The van der Waals surface area contributed by atoms with Crippen LogP contribution in [-0.4, -0.2) is 27.1 Å². The van der Waals surface area contributed by atoms with E-state index in [1.165, 1.54) is 0 Å². The molecule has 0 spiro atoms. The van der Waals surface area contributed by atoms with Crippen LogP contribution in [0.4, 0.5) is 4.39 Å². The van der Waals surface area contributed by atoms with E-state index in [4.69, 9.17) is 5.53 Å². The SMILES string of the molecule is C[C@@H]1C[C@](Cc2cccc(-c3ncc(F)cn3)c2)(C(=O)O)C[C@H]1N=[N+]=[N-]. The number of nitrogens with zero attached hydrogens (tertiary/aromatic N) is 5. The van der Waals surface area contributed by atoms with E-state index in [0.717, 1.165) is 18.0 Å².